The van der Waals surface area contributed by atoms with Gasteiger partial charge in [0.1, 0.15) is 11.5 Å². The SMILES string of the molecule is O=C(NC1CCNCC1)c1cc(OCC(F)(F)F)ccc1OCC(F)(F)F. The molecule has 0 unspecified atom stereocenters. The van der Waals surface area contributed by atoms with E-state index in [-0.39, 0.29) is 17.4 Å². The highest BCUT2D eigenvalue weighted by atomic mass is 19.4. The molecule has 0 bridgehead atoms. The molecule has 152 valence electrons. The van der Waals surface area contributed by atoms with Gasteiger partial charge >= 0.3 is 12.4 Å². The van der Waals surface area contributed by atoms with E-state index in [1.165, 1.54) is 0 Å². The Bertz CT molecular complexity index is 642. The van der Waals surface area contributed by atoms with Gasteiger partial charge in [0.2, 0.25) is 0 Å². The fraction of sp³-hybridized carbons (Fsp3) is 0.562. The van der Waals surface area contributed by atoms with Gasteiger partial charge < -0.3 is 20.1 Å². The molecule has 11 heteroatoms. The molecular formula is C16H18F6N2O3. The van der Waals surface area contributed by atoms with Crippen LogP contribution in [-0.4, -0.2) is 50.6 Å². The van der Waals surface area contributed by atoms with Crippen LogP contribution in [0, 0.1) is 0 Å². The average molecular weight is 400 g/mol. The molecule has 0 aliphatic carbocycles. The van der Waals surface area contributed by atoms with E-state index in [1.807, 2.05) is 0 Å². The van der Waals surface area contributed by atoms with Crippen molar-refractivity contribution in [3.8, 4) is 11.5 Å². The first-order valence-corrected chi connectivity index (χ1v) is 8.08. The van der Waals surface area contributed by atoms with E-state index in [2.05, 4.69) is 20.1 Å². The quantitative estimate of drug-likeness (QED) is 0.721. The number of piperidine rings is 1. The van der Waals surface area contributed by atoms with Gasteiger partial charge in [-0.05, 0) is 44.1 Å². The Kier molecular flexibility index (Phi) is 6.79. The summed E-state index contributed by atoms with van der Waals surface area (Å²) in [5, 5.41) is 5.74. The van der Waals surface area contributed by atoms with Crippen molar-refractivity contribution in [1.29, 1.82) is 0 Å². The summed E-state index contributed by atoms with van der Waals surface area (Å²) >= 11 is 0. The van der Waals surface area contributed by atoms with E-state index in [0.717, 1.165) is 18.2 Å². The summed E-state index contributed by atoms with van der Waals surface area (Å²) in [7, 11) is 0. The minimum Gasteiger partial charge on any atom is -0.484 e. The maximum atomic E-state index is 12.4. The Morgan fingerprint density at radius 1 is 1.04 bits per heavy atom. The number of alkyl halides is 6. The van der Waals surface area contributed by atoms with Crippen LogP contribution in [0.5, 0.6) is 11.5 Å². The summed E-state index contributed by atoms with van der Waals surface area (Å²) in [6.45, 7) is -1.90. The maximum absolute atomic E-state index is 12.4. The predicted molar refractivity (Wildman–Crippen MR) is 82.9 cm³/mol. The molecule has 1 amide bonds. The molecule has 0 radical (unpaired) electrons. The first-order chi connectivity index (χ1) is 12.5. The van der Waals surface area contributed by atoms with Crippen molar-refractivity contribution in [3.63, 3.8) is 0 Å². The summed E-state index contributed by atoms with van der Waals surface area (Å²) in [4.78, 5) is 12.4. The molecule has 2 rings (SSSR count). The Balaban J connectivity index is 2.17. The number of amides is 1. The molecule has 1 aliphatic heterocycles. The minimum atomic E-state index is -4.63. The lowest BCUT2D eigenvalue weighted by Gasteiger charge is -2.24. The van der Waals surface area contributed by atoms with Crippen LogP contribution in [0.4, 0.5) is 26.3 Å². The Labute approximate surface area is 151 Å². The fourth-order valence-corrected chi connectivity index (χ4v) is 2.46. The van der Waals surface area contributed by atoms with Crippen LogP contribution in [0.25, 0.3) is 0 Å². The van der Waals surface area contributed by atoms with Crippen molar-refractivity contribution in [2.24, 2.45) is 0 Å². The average Bonchev–Trinajstić information content (AvgIpc) is 2.58. The molecule has 1 aromatic carbocycles. The third-order valence-electron chi connectivity index (χ3n) is 3.66. The van der Waals surface area contributed by atoms with E-state index in [1.54, 1.807) is 0 Å². The monoisotopic (exact) mass is 400 g/mol. The molecule has 0 saturated carbocycles. The summed E-state index contributed by atoms with van der Waals surface area (Å²) < 4.78 is 83.2. The molecule has 0 aromatic heterocycles. The molecule has 1 fully saturated rings. The van der Waals surface area contributed by atoms with Gasteiger partial charge in [0, 0.05) is 6.04 Å². The van der Waals surface area contributed by atoms with Crippen LogP contribution in [-0.2, 0) is 0 Å². The summed E-state index contributed by atoms with van der Waals surface area (Å²) in [5.41, 5.74) is -0.322. The first kappa shape index (κ1) is 21.1. The van der Waals surface area contributed by atoms with Crippen molar-refractivity contribution >= 4 is 5.91 Å². The van der Waals surface area contributed by atoms with E-state index in [4.69, 9.17) is 0 Å². The number of carbonyl (C=O) groups excluding carboxylic acids is 1. The van der Waals surface area contributed by atoms with Crippen molar-refractivity contribution < 1.29 is 40.6 Å². The normalized spacial score (nSPS) is 16.1. The zero-order chi connectivity index (χ0) is 20.1. The van der Waals surface area contributed by atoms with Gasteiger partial charge in [0.05, 0.1) is 5.56 Å². The van der Waals surface area contributed by atoms with Crippen LogP contribution in [0.2, 0.25) is 0 Å². The van der Waals surface area contributed by atoms with Crippen molar-refractivity contribution in [2.75, 3.05) is 26.3 Å². The number of nitrogens with one attached hydrogen (secondary N) is 2. The largest absolute Gasteiger partial charge is 0.484 e. The van der Waals surface area contributed by atoms with Gasteiger partial charge in [0.25, 0.3) is 5.91 Å². The predicted octanol–water partition coefficient (Wildman–Crippen LogP) is 3.05. The van der Waals surface area contributed by atoms with Crippen LogP contribution in [0.15, 0.2) is 18.2 Å². The first-order valence-electron chi connectivity index (χ1n) is 8.08. The molecule has 2 N–H and O–H groups in total. The fourth-order valence-electron chi connectivity index (χ4n) is 2.46. The Hall–Kier alpha value is -2.17. The van der Waals surface area contributed by atoms with Gasteiger partial charge in [-0.15, -0.1) is 0 Å². The topological polar surface area (TPSA) is 59.6 Å². The maximum Gasteiger partial charge on any atom is 0.422 e. The molecular weight excluding hydrogens is 382 g/mol. The van der Waals surface area contributed by atoms with Crippen molar-refractivity contribution in [3.05, 3.63) is 23.8 Å². The van der Waals surface area contributed by atoms with Crippen LogP contribution < -0.4 is 20.1 Å². The highest BCUT2D eigenvalue weighted by Gasteiger charge is 2.31. The number of hydrogen-bond donors (Lipinski definition) is 2. The number of carbonyl (C=O) groups is 1. The van der Waals surface area contributed by atoms with E-state index in [9.17, 15) is 31.1 Å². The lowest BCUT2D eigenvalue weighted by molar-refractivity contribution is -0.154. The summed E-state index contributed by atoms with van der Waals surface area (Å²) in [6, 6.07) is 2.73. The highest BCUT2D eigenvalue weighted by molar-refractivity contribution is 5.97. The zero-order valence-electron chi connectivity index (χ0n) is 14.0. The van der Waals surface area contributed by atoms with Gasteiger partial charge in [-0.1, -0.05) is 0 Å². The molecule has 1 heterocycles. The summed E-state index contributed by atoms with van der Waals surface area (Å²) in [5.74, 6) is -1.43. The van der Waals surface area contributed by atoms with E-state index >= 15 is 0 Å². The van der Waals surface area contributed by atoms with Gasteiger partial charge in [-0.25, -0.2) is 0 Å². The second-order valence-corrected chi connectivity index (χ2v) is 5.96. The minimum absolute atomic E-state index is 0.200. The number of rotatable bonds is 6. The lowest BCUT2D eigenvalue weighted by atomic mass is 10.1. The van der Waals surface area contributed by atoms with Gasteiger partial charge in [0.15, 0.2) is 13.2 Å². The number of halogens is 6. The number of ether oxygens (including phenoxy) is 2. The molecule has 0 atom stereocenters. The van der Waals surface area contributed by atoms with E-state index < -0.39 is 37.2 Å². The van der Waals surface area contributed by atoms with Crippen molar-refractivity contribution in [1.82, 2.24) is 10.6 Å². The number of benzene rings is 1. The Morgan fingerprint density at radius 2 is 1.63 bits per heavy atom. The number of hydrogen-bond acceptors (Lipinski definition) is 4. The van der Waals surface area contributed by atoms with Crippen molar-refractivity contribution in [2.45, 2.75) is 31.2 Å². The second kappa shape index (κ2) is 8.68. The second-order valence-electron chi connectivity index (χ2n) is 5.96. The Morgan fingerprint density at radius 3 is 2.22 bits per heavy atom. The third-order valence-corrected chi connectivity index (χ3v) is 3.66. The molecule has 1 aliphatic rings. The van der Waals surface area contributed by atoms with E-state index in [0.29, 0.717) is 25.9 Å². The third kappa shape index (κ3) is 7.53. The van der Waals surface area contributed by atoms with Crippen LogP contribution in [0.3, 0.4) is 0 Å². The zero-order valence-corrected chi connectivity index (χ0v) is 14.0. The van der Waals surface area contributed by atoms with Crippen LogP contribution >= 0.6 is 0 Å². The lowest BCUT2D eigenvalue weighted by Crippen LogP contribution is -2.42. The molecule has 5 nitrogen and oxygen atoms in total. The van der Waals surface area contributed by atoms with Crippen LogP contribution in [0.1, 0.15) is 23.2 Å². The smallest absolute Gasteiger partial charge is 0.422 e. The molecule has 1 saturated heterocycles. The van der Waals surface area contributed by atoms with Gasteiger partial charge in [-0.3, -0.25) is 4.79 Å². The standard InChI is InChI=1S/C16H18F6N2O3/c17-15(18,19)8-26-11-1-2-13(27-9-16(20,21)22)12(7-11)14(25)24-10-3-5-23-6-4-10/h1-2,7,10,23H,3-6,8-9H2,(H,24,25). The summed E-state index contributed by atoms with van der Waals surface area (Å²) in [6.07, 6.45) is -7.99. The van der Waals surface area contributed by atoms with Gasteiger partial charge in [-0.2, -0.15) is 26.3 Å². The molecule has 0 spiro atoms. The molecule has 1 aromatic rings. The molecule has 27 heavy (non-hydrogen) atoms. The highest BCUT2D eigenvalue weighted by Crippen LogP contribution is 2.28.